The summed E-state index contributed by atoms with van der Waals surface area (Å²) in [6.45, 7) is 2.77. The van der Waals surface area contributed by atoms with Gasteiger partial charge in [-0.2, -0.15) is 0 Å². The molecule has 0 saturated heterocycles. The summed E-state index contributed by atoms with van der Waals surface area (Å²) in [5.41, 5.74) is 3.17. The molecule has 18 heavy (non-hydrogen) atoms. The van der Waals surface area contributed by atoms with Crippen molar-refractivity contribution in [1.82, 2.24) is 4.57 Å². The lowest BCUT2D eigenvalue weighted by atomic mass is 10.1. The van der Waals surface area contributed by atoms with Crippen molar-refractivity contribution in [2.75, 3.05) is 6.61 Å². The minimum atomic E-state index is -0.00252. The molecule has 0 unspecified atom stereocenters. The second-order valence-corrected chi connectivity index (χ2v) is 4.66. The van der Waals surface area contributed by atoms with Gasteiger partial charge in [0.1, 0.15) is 5.75 Å². The van der Waals surface area contributed by atoms with Crippen molar-refractivity contribution in [1.29, 1.82) is 0 Å². The van der Waals surface area contributed by atoms with Crippen LogP contribution < -0.4 is 10.3 Å². The lowest BCUT2D eigenvalue weighted by Gasteiger charge is -2.18. The topological polar surface area (TPSA) is 31.2 Å². The summed E-state index contributed by atoms with van der Waals surface area (Å²) in [5, 5.41) is 0. The third kappa shape index (κ3) is 1.92. The minimum Gasteiger partial charge on any atom is -0.493 e. The quantitative estimate of drug-likeness (QED) is 0.768. The fraction of sp³-hybridized carbons (Fsp3) is 0.267. The predicted octanol–water partition coefficient (Wildman–Crippen LogP) is 2.47. The zero-order valence-corrected chi connectivity index (χ0v) is 10.3. The van der Waals surface area contributed by atoms with Crippen molar-refractivity contribution in [3.63, 3.8) is 0 Å². The second kappa shape index (κ2) is 4.33. The first-order valence-electron chi connectivity index (χ1n) is 6.19. The molecule has 0 radical (unpaired) electrons. The van der Waals surface area contributed by atoms with Crippen LogP contribution in [-0.4, -0.2) is 11.2 Å². The summed E-state index contributed by atoms with van der Waals surface area (Å²) in [4.78, 5) is 11.9. The largest absolute Gasteiger partial charge is 0.493 e. The van der Waals surface area contributed by atoms with Crippen LogP contribution in [0.25, 0.3) is 5.69 Å². The molecule has 3 nitrogen and oxygen atoms in total. The van der Waals surface area contributed by atoms with Crippen LogP contribution in [-0.2, 0) is 6.42 Å². The number of rotatable bonds is 1. The Labute approximate surface area is 106 Å². The van der Waals surface area contributed by atoms with Crippen LogP contribution in [0.2, 0.25) is 0 Å². The molecule has 0 spiro atoms. The molecule has 92 valence electrons. The lowest BCUT2D eigenvalue weighted by Crippen LogP contribution is -2.17. The van der Waals surface area contributed by atoms with E-state index in [1.807, 2.05) is 31.3 Å². The second-order valence-electron chi connectivity index (χ2n) is 4.66. The average Bonchev–Trinajstić information content (AvgIpc) is 2.41. The van der Waals surface area contributed by atoms with Crippen molar-refractivity contribution in [2.45, 2.75) is 19.8 Å². The summed E-state index contributed by atoms with van der Waals surface area (Å²) >= 11 is 0. The predicted molar refractivity (Wildman–Crippen MR) is 70.6 cm³/mol. The first-order chi connectivity index (χ1) is 8.74. The monoisotopic (exact) mass is 241 g/mol. The Morgan fingerprint density at radius 2 is 2.11 bits per heavy atom. The van der Waals surface area contributed by atoms with E-state index < -0.39 is 0 Å². The van der Waals surface area contributed by atoms with Crippen LogP contribution in [0.3, 0.4) is 0 Å². The number of pyridine rings is 1. The van der Waals surface area contributed by atoms with Gasteiger partial charge in [-0.3, -0.25) is 9.36 Å². The van der Waals surface area contributed by atoms with Gasteiger partial charge in [-0.1, -0.05) is 6.07 Å². The first kappa shape index (κ1) is 11.1. The fourth-order valence-corrected chi connectivity index (χ4v) is 2.29. The summed E-state index contributed by atoms with van der Waals surface area (Å²) in [7, 11) is 0. The highest BCUT2D eigenvalue weighted by Crippen LogP contribution is 2.26. The number of aryl methyl sites for hydroxylation is 2. The molecule has 0 atom stereocenters. The Balaban J connectivity index is 2.12. The van der Waals surface area contributed by atoms with E-state index in [-0.39, 0.29) is 5.56 Å². The number of nitrogens with zero attached hydrogens (tertiary/aromatic N) is 1. The number of hydrogen-bond acceptors (Lipinski definition) is 2. The number of benzene rings is 1. The van der Waals surface area contributed by atoms with E-state index in [1.54, 1.807) is 10.6 Å². The molecular weight excluding hydrogens is 226 g/mol. The Bertz CT molecular complexity index is 643. The molecule has 2 aromatic rings. The van der Waals surface area contributed by atoms with Gasteiger partial charge in [0.25, 0.3) is 5.56 Å². The lowest BCUT2D eigenvalue weighted by molar-refractivity contribution is 0.288. The smallest absolute Gasteiger partial charge is 0.255 e. The third-order valence-electron chi connectivity index (χ3n) is 3.23. The highest BCUT2D eigenvalue weighted by molar-refractivity contribution is 5.45. The molecule has 0 fully saturated rings. The van der Waals surface area contributed by atoms with Crippen molar-refractivity contribution in [2.24, 2.45) is 0 Å². The summed E-state index contributed by atoms with van der Waals surface area (Å²) < 4.78 is 7.27. The number of fused-ring (bicyclic) bond motifs is 1. The molecule has 2 heterocycles. The van der Waals surface area contributed by atoms with E-state index in [0.717, 1.165) is 36.4 Å². The SMILES string of the molecule is Cc1ccc(=O)n(-c2ccc3c(c2)CCCO3)c1. The maximum absolute atomic E-state index is 11.9. The molecule has 3 heteroatoms. The number of hydrogen-bond donors (Lipinski definition) is 0. The molecule has 3 rings (SSSR count). The van der Waals surface area contributed by atoms with Crippen molar-refractivity contribution in [3.8, 4) is 11.4 Å². The maximum Gasteiger partial charge on any atom is 0.255 e. The molecule has 0 bridgehead atoms. The highest BCUT2D eigenvalue weighted by Gasteiger charge is 2.11. The summed E-state index contributed by atoms with van der Waals surface area (Å²) in [5.74, 6) is 0.950. The molecule has 1 aliphatic rings. The zero-order valence-electron chi connectivity index (χ0n) is 10.3. The van der Waals surface area contributed by atoms with Gasteiger partial charge in [-0.05, 0) is 49.1 Å². The molecular formula is C15H15NO2. The van der Waals surface area contributed by atoms with Gasteiger partial charge in [0.15, 0.2) is 0 Å². The molecule has 0 aliphatic carbocycles. The fourth-order valence-electron chi connectivity index (χ4n) is 2.29. The van der Waals surface area contributed by atoms with E-state index in [4.69, 9.17) is 4.74 Å². The minimum absolute atomic E-state index is 0.00252. The zero-order chi connectivity index (χ0) is 12.5. The van der Waals surface area contributed by atoms with E-state index in [9.17, 15) is 4.79 Å². The maximum atomic E-state index is 11.9. The molecule has 1 aromatic heterocycles. The van der Waals surface area contributed by atoms with E-state index in [1.165, 1.54) is 5.56 Å². The van der Waals surface area contributed by atoms with Gasteiger partial charge in [0.2, 0.25) is 0 Å². The van der Waals surface area contributed by atoms with Gasteiger partial charge < -0.3 is 4.74 Å². The van der Waals surface area contributed by atoms with Gasteiger partial charge in [-0.15, -0.1) is 0 Å². The van der Waals surface area contributed by atoms with Crippen LogP contribution in [0, 0.1) is 6.92 Å². The van der Waals surface area contributed by atoms with Gasteiger partial charge in [-0.25, -0.2) is 0 Å². The van der Waals surface area contributed by atoms with Crippen molar-refractivity contribution >= 4 is 0 Å². The Morgan fingerprint density at radius 3 is 3.00 bits per heavy atom. The van der Waals surface area contributed by atoms with E-state index in [0.29, 0.717) is 0 Å². The van der Waals surface area contributed by atoms with Gasteiger partial charge in [0.05, 0.1) is 6.61 Å². The molecule has 0 N–H and O–H groups in total. The van der Waals surface area contributed by atoms with Crippen molar-refractivity contribution < 1.29 is 4.74 Å². The van der Waals surface area contributed by atoms with E-state index in [2.05, 4.69) is 6.07 Å². The summed E-state index contributed by atoms with van der Waals surface area (Å²) in [6.07, 6.45) is 3.93. The van der Waals surface area contributed by atoms with Crippen LogP contribution in [0.4, 0.5) is 0 Å². The molecule has 1 aliphatic heterocycles. The summed E-state index contributed by atoms with van der Waals surface area (Å²) in [6, 6.07) is 9.38. The Hall–Kier alpha value is -2.03. The van der Waals surface area contributed by atoms with Crippen molar-refractivity contribution in [3.05, 3.63) is 58.0 Å². The van der Waals surface area contributed by atoms with E-state index >= 15 is 0 Å². The standard InChI is InChI=1S/C15H15NO2/c1-11-4-7-15(17)16(10-11)13-5-6-14-12(9-13)3-2-8-18-14/h4-7,9-10H,2-3,8H2,1H3. The highest BCUT2D eigenvalue weighted by atomic mass is 16.5. The average molecular weight is 241 g/mol. The van der Waals surface area contributed by atoms with Crippen LogP contribution in [0.5, 0.6) is 5.75 Å². The number of aromatic nitrogens is 1. The van der Waals surface area contributed by atoms with Crippen LogP contribution >= 0.6 is 0 Å². The Morgan fingerprint density at radius 1 is 1.22 bits per heavy atom. The number of ether oxygens (including phenoxy) is 1. The molecule has 0 saturated carbocycles. The van der Waals surface area contributed by atoms with Gasteiger partial charge in [0, 0.05) is 18.0 Å². The third-order valence-corrected chi connectivity index (χ3v) is 3.23. The van der Waals surface area contributed by atoms with Crippen LogP contribution in [0.15, 0.2) is 41.3 Å². The Kier molecular flexibility index (Phi) is 2.67. The molecule has 0 amide bonds. The van der Waals surface area contributed by atoms with Crippen LogP contribution in [0.1, 0.15) is 17.5 Å². The molecule has 1 aromatic carbocycles. The normalized spacial score (nSPS) is 13.8. The first-order valence-corrected chi connectivity index (χ1v) is 6.19. The van der Waals surface area contributed by atoms with Gasteiger partial charge >= 0.3 is 0 Å².